The van der Waals surface area contributed by atoms with Gasteiger partial charge in [0.1, 0.15) is 18.2 Å². The van der Waals surface area contributed by atoms with Crippen LogP contribution in [0.5, 0.6) is 5.75 Å². The van der Waals surface area contributed by atoms with Crippen molar-refractivity contribution in [2.45, 2.75) is 39.5 Å². The maximum absolute atomic E-state index is 12.8. The van der Waals surface area contributed by atoms with E-state index in [1.165, 1.54) is 17.5 Å². The van der Waals surface area contributed by atoms with Gasteiger partial charge in [-0.05, 0) is 62.2 Å². The van der Waals surface area contributed by atoms with Gasteiger partial charge in [-0.2, -0.15) is 0 Å². The molecule has 0 aliphatic carbocycles. The largest absolute Gasteiger partial charge is 0.485 e. The first kappa shape index (κ1) is 27.1. The van der Waals surface area contributed by atoms with Crippen molar-refractivity contribution in [2.24, 2.45) is 0 Å². The molecular formula is C29H38N6O4. The molecule has 39 heavy (non-hydrogen) atoms. The van der Waals surface area contributed by atoms with E-state index < -0.39 is 6.10 Å². The number of aryl methyl sites for hydroxylation is 1. The Kier molecular flexibility index (Phi) is 8.44. The lowest BCUT2D eigenvalue weighted by molar-refractivity contribution is 0.0841. The number of likely N-dealkylation sites (N-methyl/N-ethyl adjacent to an activating group) is 1. The number of amides is 1. The average Bonchev–Trinajstić information content (AvgIpc) is 3.36. The number of nitrogens with zero attached hydrogens (tertiary/aromatic N) is 5. The van der Waals surface area contributed by atoms with Gasteiger partial charge in [-0.15, -0.1) is 0 Å². The molecule has 1 saturated heterocycles. The van der Waals surface area contributed by atoms with E-state index in [9.17, 15) is 9.90 Å². The van der Waals surface area contributed by atoms with Gasteiger partial charge in [0.25, 0.3) is 5.91 Å². The van der Waals surface area contributed by atoms with Crippen molar-refractivity contribution < 1.29 is 19.1 Å². The molecule has 208 valence electrons. The number of β-amino-alcohol motifs (C(OH)–C–C–N with tert-alkyl or cyclic N) is 1. The smallest absolute Gasteiger partial charge is 0.251 e. The Labute approximate surface area is 229 Å². The number of carbonyl (C=O) groups excluding carboxylic acids is 1. The van der Waals surface area contributed by atoms with Crippen LogP contribution in [0, 0.1) is 13.8 Å². The predicted molar refractivity (Wildman–Crippen MR) is 148 cm³/mol. The highest BCUT2D eigenvalue weighted by atomic mass is 16.5. The monoisotopic (exact) mass is 534 g/mol. The van der Waals surface area contributed by atoms with Gasteiger partial charge in [-0.25, -0.2) is 9.97 Å². The quantitative estimate of drug-likeness (QED) is 0.427. The molecule has 1 fully saturated rings. The van der Waals surface area contributed by atoms with Gasteiger partial charge in [0.15, 0.2) is 12.2 Å². The summed E-state index contributed by atoms with van der Waals surface area (Å²) in [5.74, 6) is 2.21. The van der Waals surface area contributed by atoms with Gasteiger partial charge in [0.05, 0.1) is 11.8 Å². The number of aliphatic hydroxyl groups excluding tert-OH is 1. The van der Waals surface area contributed by atoms with E-state index >= 15 is 0 Å². The molecule has 1 aromatic carbocycles. The number of piperazine rings is 1. The highest BCUT2D eigenvalue weighted by molar-refractivity contribution is 5.94. The van der Waals surface area contributed by atoms with E-state index in [0.29, 0.717) is 18.7 Å². The van der Waals surface area contributed by atoms with Crippen molar-refractivity contribution in [3.8, 4) is 5.75 Å². The first-order valence-electron chi connectivity index (χ1n) is 13.6. The van der Waals surface area contributed by atoms with E-state index in [4.69, 9.17) is 9.15 Å². The van der Waals surface area contributed by atoms with Crippen molar-refractivity contribution in [3.05, 3.63) is 70.6 Å². The van der Waals surface area contributed by atoms with Gasteiger partial charge in [-0.3, -0.25) is 9.69 Å². The normalized spacial score (nSPS) is 17.1. The number of aliphatic hydroxyl groups is 1. The second-order valence-electron chi connectivity index (χ2n) is 10.5. The Morgan fingerprint density at radius 2 is 1.97 bits per heavy atom. The van der Waals surface area contributed by atoms with Crippen molar-refractivity contribution in [1.29, 1.82) is 0 Å². The van der Waals surface area contributed by atoms with Crippen LogP contribution in [0.4, 0.5) is 5.82 Å². The summed E-state index contributed by atoms with van der Waals surface area (Å²) in [6.07, 6.45) is 3.33. The van der Waals surface area contributed by atoms with Gasteiger partial charge in [0, 0.05) is 64.1 Å². The van der Waals surface area contributed by atoms with Crippen LogP contribution >= 0.6 is 0 Å². The summed E-state index contributed by atoms with van der Waals surface area (Å²) in [5, 5.41) is 13.6. The Morgan fingerprint density at radius 1 is 1.15 bits per heavy atom. The molecule has 1 atom stereocenters. The molecule has 0 radical (unpaired) electrons. The number of pyridine rings is 1. The summed E-state index contributed by atoms with van der Waals surface area (Å²) in [4.78, 5) is 28.1. The number of benzene rings is 1. The standard InChI is InChI=1S/C29H38N6O4/c1-20-25-7-9-34(16-23(25)4-5-26(20)38-18-27-21(2)32-19-39-27)17-24(36)15-31-29(37)22-6-8-30-28(14-22)35-12-10-33(3)11-13-35/h4-6,8,14,19,24,36H,7,9-13,15-18H2,1-3H3,(H,31,37)/t24-/m0/s1. The highest BCUT2D eigenvalue weighted by Gasteiger charge is 2.23. The zero-order valence-electron chi connectivity index (χ0n) is 23.0. The van der Waals surface area contributed by atoms with Crippen molar-refractivity contribution in [3.63, 3.8) is 0 Å². The molecule has 2 aliphatic heterocycles. The molecular weight excluding hydrogens is 496 g/mol. The molecule has 2 N–H and O–H groups in total. The minimum absolute atomic E-state index is 0.195. The van der Waals surface area contributed by atoms with Crippen molar-refractivity contribution in [2.75, 3.05) is 57.8 Å². The minimum Gasteiger partial charge on any atom is -0.485 e. The molecule has 0 unspecified atom stereocenters. The number of anilines is 1. The molecule has 4 heterocycles. The van der Waals surface area contributed by atoms with Gasteiger partial charge >= 0.3 is 0 Å². The van der Waals surface area contributed by atoms with E-state index in [0.717, 1.165) is 74.3 Å². The number of ether oxygens (including phenoxy) is 1. The van der Waals surface area contributed by atoms with Gasteiger partial charge in [-0.1, -0.05) is 6.07 Å². The molecule has 0 bridgehead atoms. The summed E-state index contributed by atoms with van der Waals surface area (Å²) in [7, 11) is 2.11. The van der Waals surface area contributed by atoms with Gasteiger partial charge in [0.2, 0.25) is 0 Å². The van der Waals surface area contributed by atoms with E-state index in [-0.39, 0.29) is 12.5 Å². The number of fused-ring (bicyclic) bond motifs is 1. The molecule has 5 rings (SSSR count). The lowest BCUT2D eigenvalue weighted by Gasteiger charge is -2.33. The Hall–Kier alpha value is -3.47. The lowest BCUT2D eigenvalue weighted by Crippen LogP contribution is -2.45. The Bertz CT molecular complexity index is 1290. The first-order valence-corrected chi connectivity index (χ1v) is 13.6. The zero-order chi connectivity index (χ0) is 27.4. The molecule has 2 aliphatic rings. The fourth-order valence-electron chi connectivity index (χ4n) is 5.24. The molecule has 0 spiro atoms. The van der Waals surface area contributed by atoms with E-state index in [2.05, 4.69) is 50.0 Å². The Balaban J connectivity index is 1.11. The van der Waals surface area contributed by atoms with Crippen LogP contribution in [0.2, 0.25) is 0 Å². The van der Waals surface area contributed by atoms with Gasteiger partial charge < -0.3 is 29.4 Å². The molecule has 10 heteroatoms. The van der Waals surface area contributed by atoms with E-state index in [1.807, 2.05) is 19.1 Å². The van der Waals surface area contributed by atoms with Crippen LogP contribution in [0.3, 0.4) is 0 Å². The van der Waals surface area contributed by atoms with Crippen molar-refractivity contribution in [1.82, 2.24) is 25.1 Å². The fraction of sp³-hybridized carbons (Fsp3) is 0.483. The van der Waals surface area contributed by atoms with Crippen LogP contribution in [0.1, 0.15) is 38.5 Å². The van der Waals surface area contributed by atoms with E-state index in [1.54, 1.807) is 12.3 Å². The number of oxazole rings is 1. The third-order valence-corrected chi connectivity index (χ3v) is 7.72. The third kappa shape index (κ3) is 6.58. The maximum Gasteiger partial charge on any atom is 0.251 e. The maximum atomic E-state index is 12.8. The highest BCUT2D eigenvalue weighted by Crippen LogP contribution is 2.30. The number of rotatable bonds is 9. The molecule has 1 amide bonds. The second kappa shape index (κ2) is 12.1. The summed E-state index contributed by atoms with van der Waals surface area (Å²) in [6.45, 7) is 10.4. The number of aromatic nitrogens is 2. The fourth-order valence-corrected chi connectivity index (χ4v) is 5.24. The van der Waals surface area contributed by atoms with Crippen LogP contribution < -0.4 is 15.0 Å². The summed E-state index contributed by atoms with van der Waals surface area (Å²) < 4.78 is 11.4. The van der Waals surface area contributed by atoms with Crippen molar-refractivity contribution >= 4 is 11.7 Å². The topological polar surface area (TPSA) is 107 Å². The molecule has 2 aromatic heterocycles. The zero-order valence-corrected chi connectivity index (χ0v) is 23.0. The first-order chi connectivity index (χ1) is 18.9. The summed E-state index contributed by atoms with van der Waals surface area (Å²) in [5.41, 5.74) is 5.09. The molecule has 3 aromatic rings. The second-order valence-corrected chi connectivity index (χ2v) is 10.5. The summed E-state index contributed by atoms with van der Waals surface area (Å²) >= 11 is 0. The molecule has 0 saturated carbocycles. The predicted octanol–water partition coefficient (Wildman–Crippen LogP) is 2.17. The number of hydrogen-bond donors (Lipinski definition) is 2. The van der Waals surface area contributed by atoms with Crippen LogP contribution in [0.25, 0.3) is 0 Å². The third-order valence-electron chi connectivity index (χ3n) is 7.72. The molecule has 10 nitrogen and oxygen atoms in total. The van der Waals surface area contributed by atoms with Crippen LogP contribution in [0.15, 0.2) is 41.3 Å². The van der Waals surface area contributed by atoms with Crippen LogP contribution in [-0.2, 0) is 19.6 Å². The Morgan fingerprint density at radius 3 is 2.74 bits per heavy atom. The van der Waals surface area contributed by atoms with Crippen LogP contribution in [-0.4, -0.2) is 89.7 Å². The SMILES string of the molecule is Cc1ncoc1COc1ccc2c(c1C)CCN(C[C@@H](O)CNC(=O)c1ccnc(N3CCN(C)CC3)c1)C2. The number of nitrogens with one attached hydrogen (secondary N) is 1. The lowest BCUT2D eigenvalue weighted by atomic mass is 9.94. The minimum atomic E-state index is -0.664. The number of hydrogen-bond acceptors (Lipinski definition) is 9. The number of carbonyl (C=O) groups is 1. The summed E-state index contributed by atoms with van der Waals surface area (Å²) in [6, 6.07) is 7.66. The average molecular weight is 535 g/mol.